The quantitative estimate of drug-likeness (QED) is 0.876. The molecule has 2 N–H and O–H groups in total. The van der Waals surface area contributed by atoms with Gasteiger partial charge in [0.1, 0.15) is 0 Å². The molecule has 0 heterocycles. The standard InChI is InChI=1S/C16H25ClN2O/c1-3-18-11-12-8-9-14(13(17)10-12)19(2)15-6-4-5-7-16(15)20/h8-10,15-16,18,20H,3-7,11H2,1-2H3. The number of nitrogens with one attached hydrogen (secondary N) is 1. The van der Waals surface area contributed by atoms with E-state index in [1.165, 1.54) is 12.0 Å². The van der Waals surface area contributed by atoms with E-state index in [9.17, 15) is 5.11 Å². The van der Waals surface area contributed by atoms with Crippen LogP contribution >= 0.6 is 11.6 Å². The topological polar surface area (TPSA) is 35.5 Å². The van der Waals surface area contributed by atoms with Crippen LogP contribution < -0.4 is 10.2 Å². The lowest BCUT2D eigenvalue weighted by Gasteiger charge is -2.37. The molecular formula is C16H25ClN2O. The Hall–Kier alpha value is -0.770. The second kappa shape index (κ2) is 7.30. The number of aliphatic hydroxyl groups is 1. The van der Waals surface area contributed by atoms with Crippen LogP contribution in [0.2, 0.25) is 5.02 Å². The minimum atomic E-state index is -0.244. The number of anilines is 1. The highest BCUT2D eigenvalue weighted by atomic mass is 35.5. The molecule has 0 aliphatic heterocycles. The summed E-state index contributed by atoms with van der Waals surface area (Å²) in [6.07, 6.45) is 3.99. The van der Waals surface area contributed by atoms with E-state index in [1.807, 2.05) is 13.1 Å². The van der Waals surface area contributed by atoms with Crippen molar-refractivity contribution in [2.24, 2.45) is 0 Å². The number of rotatable bonds is 5. The first-order valence-electron chi connectivity index (χ1n) is 7.53. The fourth-order valence-corrected chi connectivity index (χ4v) is 3.27. The second-order valence-corrected chi connectivity index (χ2v) is 6.00. The molecule has 0 bridgehead atoms. The summed E-state index contributed by atoms with van der Waals surface area (Å²) >= 11 is 6.42. The lowest BCUT2D eigenvalue weighted by atomic mass is 9.91. The lowest BCUT2D eigenvalue weighted by Crippen LogP contribution is -2.43. The van der Waals surface area contributed by atoms with Crippen molar-refractivity contribution in [2.45, 2.75) is 51.3 Å². The van der Waals surface area contributed by atoms with E-state index in [0.29, 0.717) is 0 Å². The predicted molar refractivity (Wildman–Crippen MR) is 85.5 cm³/mol. The zero-order valence-electron chi connectivity index (χ0n) is 12.4. The van der Waals surface area contributed by atoms with Crippen molar-refractivity contribution >= 4 is 17.3 Å². The zero-order valence-corrected chi connectivity index (χ0v) is 13.2. The normalized spacial score (nSPS) is 22.8. The van der Waals surface area contributed by atoms with Gasteiger partial charge in [-0.15, -0.1) is 0 Å². The monoisotopic (exact) mass is 296 g/mol. The number of hydrogen-bond donors (Lipinski definition) is 2. The Morgan fingerprint density at radius 2 is 2.10 bits per heavy atom. The molecule has 3 nitrogen and oxygen atoms in total. The molecule has 2 atom stereocenters. The fourth-order valence-electron chi connectivity index (χ4n) is 2.94. The molecule has 0 amide bonds. The molecular weight excluding hydrogens is 272 g/mol. The first-order chi connectivity index (χ1) is 9.63. The number of nitrogens with zero attached hydrogens (tertiary/aromatic N) is 1. The molecule has 112 valence electrons. The lowest BCUT2D eigenvalue weighted by molar-refractivity contribution is 0.106. The fraction of sp³-hybridized carbons (Fsp3) is 0.625. The molecule has 0 spiro atoms. The molecule has 1 aliphatic carbocycles. The van der Waals surface area contributed by atoms with Crippen LogP contribution in [-0.4, -0.2) is 30.8 Å². The molecule has 1 aliphatic rings. The maximum absolute atomic E-state index is 10.2. The summed E-state index contributed by atoms with van der Waals surface area (Å²) < 4.78 is 0. The van der Waals surface area contributed by atoms with Crippen LogP contribution in [0, 0.1) is 0 Å². The zero-order chi connectivity index (χ0) is 14.5. The SMILES string of the molecule is CCNCc1ccc(N(C)C2CCCCC2O)c(Cl)c1. The van der Waals surface area contributed by atoms with Crippen LogP contribution in [0.4, 0.5) is 5.69 Å². The largest absolute Gasteiger partial charge is 0.391 e. The highest BCUT2D eigenvalue weighted by Gasteiger charge is 2.27. The van der Waals surface area contributed by atoms with E-state index in [0.717, 1.165) is 43.1 Å². The summed E-state index contributed by atoms with van der Waals surface area (Å²) in [4.78, 5) is 2.14. The first-order valence-corrected chi connectivity index (χ1v) is 7.91. The van der Waals surface area contributed by atoms with Crippen molar-refractivity contribution in [1.82, 2.24) is 5.32 Å². The first kappa shape index (κ1) is 15.6. The number of benzene rings is 1. The van der Waals surface area contributed by atoms with Crippen LogP contribution in [-0.2, 0) is 6.54 Å². The molecule has 2 rings (SSSR count). The van der Waals surface area contributed by atoms with E-state index in [-0.39, 0.29) is 12.1 Å². The van der Waals surface area contributed by atoms with Crippen molar-refractivity contribution in [2.75, 3.05) is 18.5 Å². The van der Waals surface area contributed by atoms with Gasteiger partial charge < -0.3 is 15.3 Å². The van der Waals surface area contributed by atoms with Gasteiger partial charge in [-0.25, -0.2) is 0 Å². The highest BCUT2D eigenvalue weighted by Crippen LogP contribution is 2.31. The van der Waals surface area contributed by atoms with Gasteiger partial charge in [-0.3, -0.25) is 0 Å². The van der Waals surface area contributed by atoms with Gasteiger partial charge in [0, 0.05) is 13.6 Å². The van der Waals surface area contributed by atoms with Crippen molar-refractivity contribution in [3.63, 3.8) is 0 Å². The van der Waals surface area contributed by atoms with Gasteiger partial charge in [0.15, 0.2) is 0 Å². The van der Waals surface area contributed by atoms with Crippen LogP contribution in [0.3, 0.4) is 0 Å². The molecule has 1 aromatic rings. The minimum absolute atomic E-state index is 0.181. The van der Waals surface area contributed by atoms with Crippen molar-refractivity contribution in [3.8, 4) is 0 Å². The Morgan fingerprint density at radius 1 is 1.35 bits per heavy atom. The Labute approximate surface area is 126 Å². The summed E-state index contributed by atoms with van der Waals surface area (Å²) in [7, 11) is 2.03. The van der Waals surface area contributed by atoms with Gasteiger partial charge in [-0.1, -0.05) is 37.4 Å². The third kappa shape index (κ3) is 3.66. The van der Waals surface area contributed by atoms with Gasteiger partial charge in [-0.2, -0.15) is 0 Å². The van der Waals surface area contributed by atoms with Gasteiger partial charge in [0.2, 0.25) is 0 Å². The van der Waals surface area contributed by atoms with Crippen LogP contribution in [0.1, 0.15) is 38.2 Å². The Balaban J connectivity index is 2.11. The van der Waals surface area contributed by atoms with E-state index in [2.05, 4.69) is 29.3 Å². The summed E-state index contributed by atoms with van der Waals surface area (Å²) in [6.45, 7) is 3.88. The van der Waals surface area contributed by atoms with Crippen LogP contribution in [0.5, 0.6) is 0 Å². The van der Waals surface area contributed by atoms with Gasteiger partial charge in [0.25, 0.3) is 0 Å². The Kier molecular flexibility index (Phi) is 5.70. The maximum Gasteiger partial charge on any atom is 0.0743 e. The van der Waals surface area contributed by atoms with Crippen molar-refractivity contribution in [1.29, 1.82) is 0 Å². The summed E-state index contributed by atoms with van der Waals surface area (Å²) in [5, 5.41) is 14.2. The van der Waals surface area contributed by atoms with Crippen molar-refractivity contribution < 1.29 is 5.11 Å². The van der Waals surface area contributed by atoms with E-state index < -0.39 is 0 Å². The van der Waals surface area contributed by atoms with E-state index in [1.54, 1.807) is 0 Å². The molecule has 0 radical (unpaired) electrons. The third-order valence-corrected chi connectivity index (χ3v) is 4.47. The Morgan fingerprint density at radius 3 is 2.75 bits per heavy atom. The number of hydrogen-bond acceptors (Lipinski definition) is 3. The molecule has 0 aromatic heterocycles. The minimum Gasteiger partial charge on any atom is -0.391 e. The number of aliphatic hydroxyl groups excluding tert-OH is 1. The molecule has 1 saturated carbocycles. The second-order valence-electron chi connectivity index (χ2n) is 5.60. The van der Waals surface area contributed by atoms with Gasteiger partial charge in [-0.05, 0) is 37.1 Å². The summed E-state index contributed by atoms with van der Waals surface area (Å²) in [5.41, 5.74) is 2.20. The molecule has 20 heavy (non-hydrogen) atoms. The van der Waals surface area contributed by atoms with E-state index >= 15 is 0 Å². The molecule has 4 heteroatoms. The molecule has 0 saturated heterocycles. The van der Waals surface area contributed by atoms with Crippen LogP contribution in [0.25, 0.3) is 0 Å². The smallest absolute Gasteiger partial charge is 0.0743 e. The highest BCUT2D eigenvalue weighted by molar-refractivity contribution is 6.33. The van der Waals surface area contributed by atoms with Crippen molar-refractivity contribution in [3.05, 3.63) is 28.8 Å². The molecule has 1 aromatic carbocycles. The predicted octanol–water partition coefficient (Wildman–Crippen LogP) is 3.19. The molecule has 1 fully saturated rings. The summed E-state index contributed by atoms with van der Waals surface area (Å²) in [6, 6.07) is 6.37. The summed E-state index contributed by atoms with van der Waals surface area (Å²) in [5.74, 6) is 0. The maximum atomic E-state index is 10.2. The average Bonchev–Trinajstić information content (AvgIpc) is 2.45. The Bertz CT molecular complexity index is 438. The van der Waals surface area contributed by atoms with Gasteiger partial charge >= 0.3 is 0 Å². The third-order valence-electron chi connectivity index (χ3n) is 4.16. The molecule has 2 unspecified atom stereocenters. The average molecular weight is 297 g/mol. The number of likely N-dealkylation sites (N-methyl/N-ethyl adjacent to an activating group) is 1. The van der Waals surface area contributed by atoms with E-state index in [4.69, 9.17) is 11.6 Å². The number of halogens is 1. The van der Waals surface area contributed by atoms with Gasteiger partial charge in [0.05, 0.1) is 22.9 Å². The van der Waals surface area contributed by atoms with Crippen LogP contribution in [0.15, 0.2) is 18.2 Å².